The second-order valence-corrected chi connectivity index (χ2v) is 4.84. The lowest BCUT2D eigenvalue weighted by Crippen LogP contribution is -2.38. The molecule has 0 aliphatic heterocycles. The summed E-state index contributed by atoms with van der Waals surface area (Å²) in [5, 5.41) is 7.99. The fraction of sp³-hybridized carbons (Fsp3) is 0.917. The van der Waals surface area contributed by atoms with Gasteiger partial charge in [0.05, 0.1) is 5.84 Å². The molecule has 15 heavy (non-hydrogen) atoms. The first-order chi connectivity index (χ1) is 6.97. The molecule has 0 amide bonds. The Balaban J connectivity index is 4.11. The summed E-state index contributed by atoms with van der Waals surface area (Å²) < 4.78 is 0. The zero-order valence-corrected chi connectivity index (χ0v) is 11.0. The fourth-order valence-corrected chi connectivity index (χ4v) is 1.49. The van der Waals surface area contributed by atoms with Gasteiger partial charge in [-0.1, -0.05) is 20.8 Å². The van der Waals surface area contributed by atoms with Crippen LogP contribution >= 0.6 is 0 Å². The molecule has 0 aromatic carbocycles. The maximum Gasteiger partial charge on any atom is 0.0958 e. The lowest BCUT2D eigenvalue weighted by Gasteiger charge is -2.28. The van der Waals surface area contributed by atoms with E-state index in [4.69, 9.17) is 5.41 Å². The number of likely N-dealkylation sites (N-methyl/N-ethyl adjacent to an activating group) is 1. The predicted molar refractivity (Wildman–Crippen MR) is 67.6 cm³/mol. The third kappa shape index (κ3) is 7.37. The smallest absolute Gasteiger partial charge is 0.0958 e. The molecular weight excluding hydrogens is 186 g/mol. The normalized spacial score (nSPS) is 11.1. The Morgan fingerprint density at radius 3 is 2.20 bits per heavy atom. The Morgan fingerprint density at radius 1 is 1.20 bits per heavy atom. The first-order valence-electron chi connectivity index (χ1n) is 5.94. The summed E-state index contributed by atoms with van der Waals surface area (Å²) in [5.41, 5.74) is 0. The van der Waals surface area contributed by atoms with Gasteiger partial charge in [0.2, 0.25) is 0 Å². The molecule has 0 fully saturated rings. The second kappa shape index (κ2) is 7.69. The van der Waals surface area contributed by atoms with Crippen LogP contribution < -0.4 is 0 Å². The molecule has 0 radical (unpaired) electrons. The molecule has 0 aliphatic carbocycles. The summed E-state index contributed by atoms with van der Waals surface area (Å²) >= 11 is 0. The number of rotatable bonds is 7. The van der Waals surface area contributed by atoms with Crippen LogP contribution in [-0.2, 0) is 0 Å². The van der Waals surface area contributed by atoms with E-state index in [1.54, 1.807) is 0 Å². The average Bonchev–Trinajstić information content (AvgIpc) is 2.11. The van der Waals surface area contributed by atoms with Crippen molar-refractivity contribution in [3.63, 3.8) is 0 Å². The number of nitrogens with one attached hydrogen (secondary N) is 1. The van der Waals surface area contributed by atoms with Gasteiger partial charge in [-0.05, 0) is 26.4 Å². The largest absolute Gasteiger partial charge is 0.359 e. The zero-order valence-electron chi connectivity index (χ0n) is 11.0. The van der Waals surface area contributed by atoms with Crippen molar-refractivity contribution in [3.05, 3.63) is 0 Å². The van der Waals surface area contributed by atoms with Crippen molar-refractivity contribution < 1.29 is 0 Å². The summed E-state index contributed by atoms with van der Waals surface area (Å²) in [6.45, 7) is 9.56. The maximum absolute atomic E-state index is 7.99. The molecule has 3 heteroatoms. The minimum Gasteiger partial charge on any atom is -0.359 e. The van der Waals surface area contributed by atoms with E-state index in [0.717, 1.165) is 38.3 Å². The standard InChI is InChI=1S/C12H27N3/c1-6-7-12(13)15(10-11(2)3)9-8-14(4)5/h11,13H,6-10H2,1-5H3. The Morgan fingerprint density at radius 2 is 1.80 bits per heavy atom. The van der Waals surface area contributed by atoms with Crippen LogP contribution in [0.3, 0.4) is 0 Å². The SMILES string of the molecule is CCCC(=N)N(CCN(C)C)CC(C)C. The topological polar surface area (TPSA) is 30.3 Å². The van der Waals surface area contributed by atoms with Gasteiger partial charge < -0.3 is 9.80 Å². The molecule has 90 valence electrons. The molecule has 0 spiro atoms. The molecule has 0 atom stereocenters. The van der Waals surface area contributed by atoms with Crippen molar-refractivity contribution in [1.29, 1.82) is 5.41 Å². The van der Waals surface area contributed by atoms with Crippen molar-refractivity contribution in [2.45, 2.75) is 33.6 Å². The van der Waals surface area contributed by atoms with Gasteiger partial charge in [-0.3, -0.25) is 5.41 Å². The van der Waals surface area contributed by atoms with Crippen molar-refractivity contribution in [3.8, 4) is 0 Å². The first-order valence-corrected chi connectivity index (χ1v) is 5.94. The summed E-state index contributed by atoms with van der Waals surface area (Å²) in [5.74, 6) is 1.43. The highest BCUT2D eigenvalue weighted by atomic mass is 15.2. The highest BCUT2D eigenvalue weighted by Crippen LogP contribution is 2.03. The molecule has 0 saturated heterocycles. The van der Waals surface area contributed by atoms with E-state index in [1.165, 1.54) is 0 Å². The zero-order chi connectivity index (χ0) is 11.8. The Hall–Kier alpha value is -0.570. The molecule has 0 saturated carbocycles. The van der Waals surface area contributed by atoms with Crippen LogP contribution in [0.1, 0.15) is 33.6 Å². The van der Waals surface area contributed by atoms with Crippen LogP contribution in [-0.4, -0.2) is 49.4 Å². The number of hydrogen-bond donors (Lipinski definition) is 1. The van der Waals surface area contributed by atoms with Gasteiger partial charge in [0.25, 0.3) is 0 Å². The van der Waals surface area contributed by atoms with Gasteiger partial charge in [-0.15, -0.1) is 0 Å². The van der Waals surface area contributed by atoms with Gasteiger partial charge >= 0.3 is 0 Å². The van der Waals surface area contributed by atoms with Crippen LogP contribution in [0.15, 0.2) is 0 Å². The maximum atomic E-state index is 7.99. The Kier molecular flexibility index (Phi) is 7.39. The van der Waals surface area contributed by atoms with E-state index in [2.05, 4.69) is 44.7 Å². The van der Waals surface area contributed by atoms with E-state index in [9.17, 15) is 0 Å². The van der Waals surface area contributed by atoms with Gasteiger partial charge in [0.1, 0.15) is 0 Å². The predicted octanol–water partition coefficient (Wildman–Crippen LogP) is 2.28. The summed E-state index contributed by atoms with van der Waals surface area (Å²) in [6.07, 6.45) is 1.97. The molecule has 0 heterocycles. The summed E-state index contributed by atoms with van der Waals surface area (Å²) in [4.78, 5) is 4.39. The second-order valence-electron chi connectivity index (χ2n) is 4.84. The molecular formula is C12H27N3. The quantitative estimate of drug-likeness (QED) is 0.519. The lowest BCUT2D eigenvalue weighted by molar-refractivity contribution is 0.302. The van der Waals surface area contributed by atoms with Crippen LogP contribution in [0.2, 0.25) is 0 Å². The highest BCUT2D eigenvalue weighted by Gasteiger charge is 2.10. The van der Waals surface area contributed by atoms with Crippen LogP contribution in [0.5, 0.6) is 0 Å². The van der Waals surface area contributed by atoms with E-state index < -0.39 is 0 Å². The van der Waals surface area contributed by atoms with Gasteiger partial charge in [-0.25, -0.2) is 0 Å². The van der Waals surface area contributed by atoms with E-state index in [-0.39, 0.29) is 0 Å². The third-order valence-corrected chi connectivity index (χ3v) is 2.27. The van der Waals surface area contributed by atoms with E-state index >= 15 is 0 Å². The molecule has 1 N–H and O–H groups in total. The third-order valence-electron chi connectivity index (χ3n) is 2.27. The molecule has 0 rings (SSSR count). The van der Waals surface area contributed by atoms with Crippen LogP contribution in [0, 0.1) is 11.3 Å². The van der Waals surface area contributed by atoms with E-state index in [1.807, 2.05) is 0 Å². The highest BCUT2D eigenvalue weighted by molar-refractivity contribution is 5.79. The minimum atomic E-state index is 0.629. The van der Waals surface area contributed by atoms with Crippen LogP contribution in [0.25, 0.3) is 0 Å². The minimum absolute atomic E-state index is 0.629. The molecule has 0 unspecified atom stereocenters. The summed E-state index contributed by atoms with van der Waals surface area (Å²) in [7, 11) is 4.16. The summed E-state index contributed by atoms with van der Waals surface area (Å²) in [6, 6.07) is 0. The molecule has 0 aliphatic rings. The van der Waals surface area contributed by atoms with Crippen molar-refractivity contribution in [2.75, 3.05) is 33.7 Å². The van der Waals surface area contributed by atoms with Crippen molar-refractivity contribution >= 4 is 5.84 Å². The fourth-order valence-electron chi connectivity index (χ4n) is 1.49. The van der Waals surface area contributed by atoms with Gasteiger partial charge in [0, 0.05) is 26.1 Å². The van der Waals surface area contributed by atoms with Gasteiger partial charge in [0.15, 0.2) is 0 Å². The molecule has 3 nitrogen and oxygen atoms in total. The monoisotopic (exact) mass is 213 g/mol. The molecule has 0 aromatic heterocycles. The molecule has 0 bridgehead atoms. The lowest BCUT2D eigenvalue weighted by atomic mass is 10.2. The van der Waals surface area contributed by atoms with Crippen molar-refractivity contribution in [2.24, 2.45) is 5.92 Å². The van der Waals surface area contributed by atoms with E-state index in [0.29, 0.717) is 5.92 Å². The van der Waals surface area contributed by atoms with Gasteiger partial charge in [-0.2, -0.15) is 0 Å². The Labute approximate surface area is 95.0 Å². The first kappa shape index (κ1) is 14.4. The number of hydrogen-bond acceptors (Lipinski definition) is 2. The number of amidine groups is 1. The van der Waals surface area contributed by atoms with Crippen LogP contribution in [0.4, 0.5) is 0 Å². The molecule has 0 aromatic rings. The average molecular weight is 213 g/mol. The number of nitrogens with zero attached hydrogens (tertiary/aromatic N) is 2. The van der Waals surface area contributed by atoms with Crippen molar-refractivity contribution in [1.82, 2.24) is 9.80 Å². The Bertz CT molecular complexity index is 176.